The Morgan fingerprint density at radius 2 is 1.67 bits per heavy atom. The van der Waals surface area contributed by atoms with Crippen molar-refractivity contribution in [3.63, 3.8) is 0 Å². The van der Waals surface area contributed by atoms with Gasteiger partial charge in [0.25, 0.3) is 0 Å². The van der Waals surface area contributed by atoms with E-state index in [0.29, 0.717) is 10.7 Å². The molecule has 3 aromatic rings. The Hall–Kier alpha value is -2.19. The second-order valence-electron chi connectivity index (χ2n) is 6.32. The minimum atomic E-state index is -3.76. The summed E-state index contributed by atoms with van der Waals surface area (Å²) in [6.07, 6.45) is 1.02. The van der Waals surface area contributed by atoms with Crippen molar-refractivity contribution >= 4 is 62.3 Å². The topological polar surface area (TPSA) is 66.5 Å². The zero-order valence-corrected chi connectivity index (χ0v) is 19.0. The van der Waals surface area contributed by atoms with Crippen LogP contribution in [0.4, 0.5) is 11.4 Å². The first kappa shape index (κ1) is 22.5. The van der Waals surface area contributed by atoms with E-state index in [2.05, 4.69) is 5.32 Å². The molecule has 1 N–H and O–H groups in total. The normalized spacial score (nSPS) is 11.2. The van der Waals surface area contributed by atoms with Crippen LogP contribution in [0.25, 0.3) is 0 Å². The van der Waals surface area contributed by atoms with Crippen molar-refractivity contribution in [2.45, 2.75) is 9.79 Å². The maximum Gasteiger partial charge on any atom is 0.245 e. The molecule has 0 bridgehead atoms. The Bertz CT molecular complexity index is 1160. The lowest BCUT2D eigenvalue weighted by Gasteiger charge is -2.23. The molecule has 0 unspecified atom stereocenters. The average Bonchev–Trinajstić information content (AvgIpc) is 2.68. The number of sulfonamides is 1. The van der Waals surface area contributed by atoms with Crippen LogP contribution >= 0.6 is 35.0 Å². The maximum atomic E-state index is 12.7. The van der Waals surface area contributed by atoms with Crippen molar-refractivity contribution in [1.82, 2.24) is 0 Å². The summed E-state index contributed by atoms with van der Waals surface area (Å²) >= 11 is 13.6. The SMILES string of the molecule is CS(=O)(=O)N(CC(=O)Nc1ccccc1Sc1ccccc1)c1ccc(Cl)cc1Cl. The molecule has 156 valence electrons. The second-order valence-corrected chi connectivity index (χ2v) is 10.2. The average molecular weight is 481 g/mol. The van der Waals surface area contributed by atoms with E-state index in [1.165, 1.54) is 30.0 Å². The molecule has 3 aromatic carbocycles. The number of carbonyl (C=O) groups is 1. The molecule has 3 rings (SSSR count). The van der Waals surface area contributed by atoms with Crippen LogP contribution in [-0.2, 0) is 14.8 Å². The van der Waals surface area contributed by atoms with Crippen LogP contribution in [0.5, 0.6) is 0 Å². The standard InChI is InChI=1S/C21H18Cl2N2O3S2/c1-30(27,28)25(19-12-11-15(22)13-17(19)23)14-21(26)24-18-9-5-6-10-20(18)29-16-7-3-2-4-8-16/h2-13H,14H2,1H3,(H,24,26). The molecular weight excluding hydrogens is 463 g/mol. The summed E-state index contributed by atoms with van der Waals surface area (Å²) in [7, 11) is -3.76. The van der Waals surface area contributed by atoms with Crippen molar-refractivity contribution in [3.8, 4) is 0 Å². The third-order valence-corrected chi connectivity index (χ3v) is 6.75. The number of hydrogen-bond acceptors (Lipinski definition) is 4. The molecule has 0 aliphatic heterocycles. The molecule has 0 aromatic heterocycles. The number of rotatable bonds is 7. The largest absolute Gasteiger partial charge is 0.323 e. The van der Waals surface area contributed by atoms with Crippen LogP contribution in [0.3, 0.4) is 0 Å². The molecule has 9 heteroatoms. The molecule has 30 heavy (non-hydrogen) atoms. The number of amides is 1. The Morgan fingerprint density at radius 3 is 2.33 bits per heavy atom. The summed E-state index contributed by atoms with van der Waals surface area (Å²) in [5.74, 6) is -0.493. The molecule has 0 heterocycles. The van der Waals surface area contributed by atoms with Crippen LogP contribution in [0, 0.1) is 0 Å². The molecule has 0 fully saturated rings. The molecule has 1 amide bonds. The Labute approximate surface area is 190 Å². The summed E-state index contributed by atoms with van der Waals surface area (Å²) in [6, 6.07) is 21.5. The van der Waals surface area contributed by atoms with Gasteiger partial charge in [-0.3, -0.25) is 9.10 Å². The molecule has 0 atom stereocenters. The maximum absolute atomic E-state index is 12.7. The van der Waals surface area contributed by atoms with E-state index < -0.39 is 22.5 Å². The van der Waals surface area contributed by atoms with E-state index in [0.717, 1.165) is 20.4 Å². The van der Waals surface area contributed by atoms with E-state index >= 15 is 0 Å². The Kier molecular flexibility index (Phi) is 7.31. The van der Waals surface area contributed by atoms with Gasteiger partial charge in [0.15, 0.2) is 0 Å². The fraction of sp³-hybridized carbons (Fsp3) is 0.0952. The van der Waals surface area contributed by atoms with Crippen molar-refractivity contribution in [1.29, 1.82) is 0 Å². The van der Waals surface area contributed by atoms with Crippen LogP contribution < -0.4 is 9.62 Å². The lowest BCUT2D eigenvalue weighted by molar-refractivity contribution is -0.114. The Morgan fingerprint density at radius 1 is 1.00 bits per heavy atom. The summed E-state index contributed by atoms with van der Waals surface area (Å²) in [6.45, 7) is -0.426. The number of carbonyl (C=O) groups excluding carboxylic acids is 1. The number of halogens is 2. The van der Waals surface area contributed by atoms with Gasteiger partial charge in [-0.15, -0.1) is 0 Å². The first-order chi connectivity index (χ1) is 14.2. The van der Waals surface area contributed by atoms with E-state index in [-0.39, 0.29) is 10.7 Å². The number of para-hydroxylation sites is 1. The van der Waals surface area contributed by atoms with Crippen LogP contribution in [0.2, 0.25) is 10.0 Å². The molecule has 0 spiro atoms. The molecular formula is C21H18Cl2N2O3S2. The number of nitrogens with one attached hydrogen (secondary N) is 1. The molecule has 0 radical (unpaired) electrons. The van der Waals surface area contributed by atoms with Gasteiger partial charge in [-0.2, -0.15) is 0 Å². The fourth-order valence-corrected chi connectivity index (χ4v) is 5.01. The van der Waals surface area contributed by atoms with E-state index in [1.807, 2.05) is 42.5 Å². The monoisotopic (exact) mass is 480 g/mol. The molecule has 0 saturated heterocycles. The fourth-order valence-electron chi connectivity index (χ4n) is 2.66. The number of anilines is 2. The lowest BCUT2D eigenvalue weighted by Crippen LogP contribution is -2.37. The van der Waals surface area contributed by atoms with Crippen molar-refractivity contribution in [2.75, 3.05) is 22.4 Å². The number of benzene rings is 3. The highest BCUT2D eigenvalue weighted by Crippen LogP contribution is 2.34. The minimum absolute atomic E-state index is 0.140. The van der Waals surface area contributed by atoms with Gasteiger partial charge >= 0.3 is 0 Å². The van der Waals surface area contributed by atoms with Gasteiger partial charge < -0.3 is 5.32 Å². The zero-order valence-electron chi connectivity index (χ0n) is 15.9. The quantitative estimate of drug-likeness (QED) is 0.481. The van der Waals surface area contributed by atoms with E-state index in [1.54, 1.807) is 12.1 Å². The molecule has 0 aliphatic rings. The summed E-state index contributed by atoms with van der Waals surface area (Å²) < 4.78 is 25.6. The molecule has 0 saturated carbocycles. The van der Waals surface area contributed by atoms with Crippen molar-refractivity contribution in [2.24, 2.45) is 0 Å². The van der Waals surface area contributed by atoms with Gasteiger partial charge in [-0.25, -0.2) is 8.42 Å². The summed E-state index contributed by atoms with van der Waals surface area (Å²) in [5.41, 5.74) is 0.776. The first-order valence-corrected chi connectivity index (χ1v) is 12.2. The summed E-state index contributed by atoms with van der Waals surface area (Å²) in [5, 5.41) is 3.31. The predicted molar refractivity (Wildman–Crippen MR) is 124 cm³/mol. The van der Waals surface area contributed by atoms with Crippen molar-refractivity contribution in [3.05, 3.63) is 82.8 Å². The third-order valence-electron chi connectivity index (χ3n) is 4.00. The number of hydrogen-bond donors (Lipinski definition) is 1. The molecule has 5 nitrogen and oxygen atoms in total. The van der Waals surface area contributed by atoms with Crippen LogP contribution in [-0.4, -0.2) is 27.1 Å². The van der Waals surface area contributed by atoms with Gasteiger partial charge in [0.2, 0.25) is 15.9 Å². The molecule has 0 aliphatic carbocycles. The minimum Gasteiger partial charge on any atom is -0.323 e. The van der Waals surface area contributed by atoms with Crippen LogP contribution in [0.15, 0.2) is 82.6 Å². The summed E-state index contributed by atoms with van der Waals surface area (Å²) in [4.78, 5) is 14.6. The lowest BCUT2D eigenvalue weighted by atomic mass is 10.3. The van der Waals surface area contributed by atoms with E-state index in [9.17, 15) is 13.2 Å². The van der Waals surface area contributed by atoms with Crippen LogP contribution in [0.1, 0.15) is 0 Å². The highest BCUT2D eigenvalue weighted by atomic mass is 35.5. The Balaban J connectivity index is 1.81. The number of nitrogens with zero attached hydrogens (tertiary/aromatic N) is 1. The van der Waals surface area contributed by atoms with Gasteiger partial charge in [0.1, 0.15) is 6.54 Å². The highest BCUT2D eigenvalue weighted by Gasteiger charge is 2.23. The smallest absolute Gasteiger partial charge is 0.245 e. The first-order valence-electron chi connectivity index (χ1n) is 8.78. The predicted octanol–water partition coefficient (Wildman–Crippen LogP) is 5.55. The van der Waals surface area contributed by atoms with Gasteiger partial charge in [-0.05, 0) is 42.5 Å². The van der Waals surface area contributed by atoms with Crippen molar-refractivity contribution < 1.29 is 13.2 Å². The van der Waals surface area contributed by atoms with Gasteiger partial charge in [0.05, 0.1) is 22.7 Å². The van der Waals surface area contributed by atoms with Gasteiger partial charge in [0, 0.05) is 14.8 Å². The van der Waals surface area contributed by atoms with E-state index in [4.69, 9.17) is 23.2 Å². The van der Waals surface area contributed by atoms with Gasteiger partial charge in [-0.1, -0.05) is 65.3 Å². The second kappa shape index (κ2) is 9.75. The third kappa shape index (κ3) is 5.92. The zero-order chi connectivity index (χ0) is 21.7. The highest BCUT2D eigenvalue weighted by molar-refractivity contribution is 7.99.